The zero-order chi connectivity index (χ0) is 11.6. The topological polar surface area (TPSA) is 55.1 Å². The van der Waals surface area contributed by atoms with Crippen LogP contribution in [0, 0.1) is 0 Å². The van der Waals surface area contributed by atoms with Gasteiger partial charge >= 0.3 is 0 Å². The molecule has 0 atom stereocenters. The Balaban J connectivity index is 0.00000144. The molecule has 0 spiro atoms. The highest BCUT2D eigenvalue weighted by molar-refractivity contribution is 9.10. The lowest BCUT2D eigenvalue weighted by Crippen LogP contribution is -2.54. The fraction of sp³-hybridized carbons (Fsp3) is 0.417. The van der Waals surface area contributed by atoms with E-state index in [1.165, 1.54) is 6.42 Å². The number of rotatable bonds is 3. The molecule has 0 bridgehead atoms. The quantitative estimate of drug-likeness (QED) is 0.899. The van der Waals surface area contributed by atoms with Crippen LogP contribution in [-0.4, -0.2) is 18.0 Å². The second-order valence-corrected chi connectivity index (χ2v) is 5.32. The molecule has 94 valence electrons. The Morgan fingerprint density at radius 2 is 2.18 bits per heavy atom. The maximum absolute atomic E-state index is 11.8. The molecule has 0 aromatic heterocycles. The lowest BCUT2D eigenvalue weighted by atomic mass is 9.78. The number of nitrogens with two attached hydrogens (primary N) is 1. The molecule has 0 heterocycles. The molecule has 3 nitrogen and oxygen atoms in total. The van der Waals surface area contributed by atoms with Crippen molar-refractivity contribution in [1.29, 1.82) is 0 Å². The summed E-state index contributed by atoms with van der Waals surface area (Å²) >= 11 is 3.34. The van der Waals surface area contributed by atoms with Crippen molar-refractivity contribution in [3.8, 4) is 0 Å². The van der Waals surface area contributed by atoms with Gasteiger partial charge in [0.25, 0.3) is 5.91 Å². The van der Waals surface area contributed by atoms with E-state index < -0.39 is 0 Å². The van der Waals surface area contributed by atoms with Crippen LogP contribution in [0.1, 0.15) is 29.6 Å². The van der Waals surface area contributed by atoms with E-state index in [2.05, 4.69) is 21.2 Å². The zero-order valence-electron chi connectivity index (χ0n) is 9.41. The van der Waals surface area contributed by atoms with Crippen molar-refractivity contribution in [3.05, 3.63) is 34.3 Å². The summed E-state index contributed by atoms with van der Waals surface area (Å²) in [7, 11) is 0. The molecule has 0 unspecified atom stereocenters. The fourth-order valence-corrected chi connectivity index (χ4v) is 2.20. The van der Waals surface area contributed by atoms with E-state index in [0.29, 0.717) is 12.1 Å². The van der Waals surface area contributed by atoms with Crippen molar-refractivity contribution < 1.29 is 4.79 Å². The van der Waals surface area contributed by atoms with Gasteiger partial charge in [-0.05, 0) is 37.5 Å². The minimum absolute atomic E-state index is 0. The van der Waals surface area contributed by atoms with Gasteiger partial charge in [-0.2, -0.15) is 0 Å². The maximum Gasteiger partial charge on any atom is 0.251 e. The molecule has 1 aliphatic carbocycles. The minimum atomic E-state index is -0.165. The standard InChI is InChI=1S/C12H15BrN2O.ClH/c13-10-4-1-3-9(7-10)11(16)15-8-12(14)5-2-6-12;/h1,3-4,7H,2,5-6,8,14H2,(H,15,16);1H. The number of nitrogens with one attached hydrogen (secondary N) is 1. The number of carbonyl (C=O) groups is 1. The minimum Gasteiger partial charge on any atom is -0.350 e. The SMILES string of the molecule is Cl.NC1(CNC(=O)c2cccc(Br)c2)CCC1. The molecule has 1 saturated carbocycles. The molecule has 5 heteroatoms. The number of carbonyl (C=O) groups excluding carboxylic acids is 1. The van der Waals surface area contributed by atoms with E-state index in [-0.39, 0.29) is 23.9 Å². The predicted octanol–water partition coefficient (Wildman–Crippen LogP) is 2.48. The highest BCUT2D eigenvalue weighted by Gasteiger charge is 2.32. The third-order valence-electron chi connectivity index (χ3n) is 3.04. The zero-order valence-corrected chi connectivity index (χ0v) is 11.8. The van der Waals surface area contributed by atoms with Crippen molar-refractivity contribution in [1.82, 2.24) is 5.32 Å². The third-order valence-corrected chi connectivity index (χ3v) is 3.53. The van der Waals surface area contributed by atoms with Gasteiger partial charge in [0.1, 0.15) is 0 Å². The van der Waals surface area contributed by atoms with Crippen LogP contribution >= 0.6 is 28.3 Å². The predicted molar refractivity (Wildman–Crippen MR) is 74.5 cm³/mol. The smallest absolute Gasteiger partial charge is 0.251 e. The molecule has 3 N–H and O–H groups in total. The Hall–Kier alpha value is -0.580. The second kappa shape index (κ2) is 5.85. The monoisotopic (exact) mass is 318 g/mol. The van der Waals surface area contributed by atoms with Gasteiger partial charge in [-0.3, -0.25) is 4.79 Å². The lowest BCUT2D eigenvalue weighted by Gasteiger charge is -2.38. The first-order chi connectivity index (χ1) is 7.59. The molecular weight excluding hydrogens is 304 g/mol. The number of halogens is 2. The largest absolute Gasteiger partial charge is 0.350 e. The van der Waals surface area contributed by atoms with Gasteiger partial charge < -0.3 is 11.1 Å². The van der Waals surface area contributed by atoms with Crippen molar-refractivity contribution in [2.75, 3.05) is 6.54 Å². The van der Waals surface area contributed by atoms with Crippen molar-refractivity contribution in [2.24, 2.45) is 5.73 Å². The van der Waals surface area contributed by atoms with E-state index in [9.17, 15) is 4.79 Å². The first kappa shape index (κ1) is 14.5. The van der Waals surface area contributed by atoms with E-state index in [4.69, 9.17) is 5.73 Å². The van der Waals surface area contributed by atoms with Crippen LogP contribution in [-0.2, 0) is 0 Å². The lowest BCUT2D eigenvalue weighted by molar-refractivity contribution is 0.0929. The van der Waals surface area contributed by atoms with Gasteiger partial charge in [0.05, 0.1) is 0 Å². The van der Waals surface area contributed by atoms with E-state index in [1.54, 1.807) is 12.1 Å². The van der Waals surface area contributed by atoms with E-state index in [0.717, 1.165) is 17.3 Å². The van der Waals surface area contributed by atoms with Crippen molar-refractivity contribution in [2.45, 2.75) is 24.8 Å². The second-order valence-electron chi connectivity index (χ2n) is 4.41. The summed E-state index contributed by atoms with van der Waals surface area (Å²) in [6.07, 6.45) is 3.18. The van der Waals surface area contributed by atoms with Crippen LogP contribution in [0.15, 0.2) is 28.7 Å². The first-order valence-electron chi connectivity index (χ1n) is 5.42. The number of benzene rings is 1. The van der Waals surface area contributed by atoms with Gasteiger partial charge in [-0.25, -0.2) is 0 Å². The van der Waals surface area contributed by atoms with Crippen molar-refractivity contribution in [3.63, 3.8) is 0 Å². The van der Waals surface area contributed by atoms with Crippen molar-refractivity contribution >= 4 is 34.2 Å². The molecule has 1 aromatic carbocycles. The maximum atomic E-state index is 11.8. The van der Waals surface area contributed by atoms with E-state index in [1.807, 2.05) is 12.1 Å². The molecule has 1 amide bonds. The van der Waals surface area contributed by atoms with Crippen LogP contribution in [0.5, 0.6) is 0 Å². The summed E-state index contributed by atoms with van der Waals surface area (Å²) in [5.74, 6) is -0.0574. The average molecular weight is 320 g/mol. The van der Waals surface area contributed by atoms with Crippen LogP contribution in [0.25, 0.3) is 0 Å². The average Bonchev–Trinajstić information content (AvgIpc) is 2.23. The molecule has 1 fully saturated rings. The third kappa shape index (κ3) is 3.69. The Kier molecular flexibility index (Phi) is 4.98. The molecule has 0 aliphatic heterocycles. The summed E-state index contributed by atoms with van der Waals surface area (Å²) in [5.41, 5.74) is 6.53. The highest BCUT2D eigenvalue weighted by atomic mass is 79.9. The van der Waals surface area contributed by atoms with E-state index >= 15 is 0 Å². The summed E-state index contributed by atoms with van der Waals surface area (Å²) < 4.78 is 0.909. The van der Waals surface area contributed by atoms with Gasteiger partial charge in [0, 0.05) is 22.1 Å². The Bertz CT molecular complexity index is 407. The van der Waals surface area contributed by atoms with Crippen LogP contribution in [0.3, 0.4) is 0 Å². The summed E-state index contributed by atoms with van der Waals surface area (Å²) in [4.78, 5) is 11.8. The molecule has 1 aliphatic rings. The van der Waals surface area contributed by atoms with Gasteiger partial charge in [0.15, 0.2) is 0 Å². The first-order valence-corrected chi connectivity index (χ1v) is 6.21. The Morgan fingerprint density at radius 3 is 2.71 bits per heavy atom. The molecule has 17 heavy (non-hydrogen) atoms. The molecule has 1 aromatic rings. The Labute approximate surface area is 116 Å². The summed E-state index contributed by atoms with van der Waals surface area (Å²) in [5, 5.41) is 2.88. The summed E-state index contributed by atoms with van der Waals surface area (Å²) in [6.45, 7) is 0.568. The van der Waals surface area contributed by atoms with Crippen LogP contribution < -0.4 is 11.1 Å². The van der Waals surface area contributed by atoms with Gasteiger partial charge in [0.2, 0.25) is 0 Å². The molecule has 0 saturated heterocycles. The Morgan fingerprint density at radius 1 is 1.47 bits per heavy atom. The van der Waals surface area contributed by atoms with Gasteiger partial charge in [-0.1, -0.05) is 22.0 Å². The molecule has 2 rings (SSSR count). The highest BCUT2D eigenvalue weighted by Crippen LogP contribution is 2.28. The number of hydrogen-bond donors (Lipinski definition) is 2. The van der Waals surface area contributed by atoms with Crippen LogP contribution in [0.2, 0.25) is 0 Å². The number of amides is 1. The van der Waals surface area contributed by atoms with Gasteiger partial charge in [-0.15, -0.1) is 12.4 Å². The normalized spacial score (nSPS) is 16.6. The number of hydrogen-bond acceptors (Lipinski definition) is 2. The van der Waals surface area contributed by atoms with Crippen LogP contribution in [0.4, 0.5) is 0 Å². The molecular formula is C12H16BrClN2O. The fourth-order valence-electron chi connectivity index (χ4n) is 1.80. The molecule has 0 radical (unpaired) electrons. The summed E-state index contributed by atoms with van der Waals surface area (Å²) in [6, 6.07) is 7.34.